The molecule has 2 heteroatoms. The highest BCUT2D eigenvalue weighted by Gasteiger charge is 2.39. The fourth-order valence-corrected chi connectivity index (χ4v) is 3.50. The zero-order valence-electron chi connectivity index (χ0n) is 11.4. The number of nitrogens with one attached hydrogen (secondary N) is 1. The molecule has 0 heterocycles. The van der Waals surface area contributed by atoms with Gasteiger partial charge in [-0.05, 0) is 49.7 Å². The van der Waals surface area contributed by atoms with E-state index in [0.29, 0.717) is 6.04 Å². The Morgan fingerprint density at radius 1 is 1.21 bits per heavy atom. The summed E-state index contributed by atoms with van der Waals surface area (Å²) in [5.74, 6) is 1.66. The largest absolute Gasteiger partial charge is 0.350 e. The lowest BCUT2D eigenvalue weighted by Crippen LogP contribution is -2.37. The van der Waals surface area contributed by atoms with Crippen LogP contribution in [0.15, 0.2) is 30.3 Å². The minimum atomic E-state index is 0.0538. The zero-order valence-corrected chi connectivity index (χ0v) is 11.4. The standard InChI is InChI=1S/C17H21NO/c1-12-2-4-13(5-3-12)7-9-17(19)18-16-11-14-6-8-15(16)10-14/h2-5,7,9,14-16H,6,8,10-11H2,1H3,(H,18,19). The smallest absolute Gasteiger partial charge is 0.244 e. The van der Waals surface area contributed by atoms with Crippen LogP contribution in [0.2, 0.25) is 0 Å². The van der Waals surface area contributed by atoms with Crippen LogP contribution in [-0.2, 0) is 4.79 Å². The number of carbonyl (C=O) groups excluding carboxylic acids is 1. The second kappa shape index (κ2) is 5.20. The number of aryl methyl sites for hydroxylation is 1. The molecule has 3 rings (SSSR count). The molecule has 100 valence electrons. The first-order valence-corrected chi connectivity index (χ1v) is 7.26. The van der Waals surface area contributed by atoms with E-state index in [2.05, 4.69) is 24.4 Å². The van der Waals surface area contributed by atoms with Crippen molar-refractivity contribution >= 4 is 12.0 Å². The average molecular weight is 255 g/mol. The van der Waals surface area contributed by atoms with E-state index in [1.54, 1.807) is 6.08 Å². The van der Waals surface area contributed by atoms with E-state index in [4.69, 9.17) is 0 Å². The van der Waals surface area contributed by atoms with E-state index < -0.39 is 0 Å². The molecule has 2 nitrogen and oxygen atoms in total. The molecule has 1 aromatic rings. The number of hydrogen-bond donors (Lipinski definition) is 1. The highest BCUT2D eigenvalue weighted by molar-refractivity contribution is 5.91. The number of amides is 1. The van der Waals surface area contributed by atoms with Crippen LogP contribution in [0.25, 0.3) is 6.08 Å². The van der Waals surface area contributed by atoms with Crippen LogP contribution in [0.5, 0.6) is 0 Å². The Bertz CT molecular complexity index is 488. The van der Waals surface area contributed by atoms with Crippen LogP contribution >= 0.6 is 0 Å². The van der Waals surface area contributed by atoms with E-state index in [0.717, 1.165) is 17.4 Å². The van der Waals surface area contributed by atoms with Gasteiger partial charge in [-0.1, -0.05) is 36.2 Å². The first-order valence-electron chi connectivity index (χ1n) is 7.26. The molecule has 0 aliphatic heterocycles. The average Bonchev–Trinajstić information content (AvgIpc) is 3.00. The molecule has 19 heavy (non-hydrogen) atoms. The Balaban J connectivity index is 1.55. The van der Waals surface area contributed by atoms with Gasteiger partial charge in [0.1, 0.15) is 0 Å². The monoisotopic (exact) mass is 255 g/mol. The Morgan fingerprint density at radius 3 is 2.63 bits per heavy atom. The molecular formula is C17H21NO. The lowest BCUT2D eigenvalue weighted by molar-refractivity contribution is -0.117. The van der Waals surface area contributed by atoms with Crippen molar-refractivity contribution in [3.63, 3.8) is 0 Å². The second-order valence-electron chi connectivity index (χ2n) is 6.03. The van der Waals surface area contributed by atoms with Crippen LogP contribution < -0.4 is 5.32 Å². The molecule has 2 saturated carbocycles. The molecule has 1 amide bonds. The fraction of sp³-hybridized carbons (Fsp3) is 0.471. The van der Waals surface area contributed by atoms with Crippen molar-refractivity contribution in [1.82, 2.24) is 5.32 Å². The molecule has 0 aromatic heterocycles. The summed E-state index contributed by atoms with van der Waals surface area (Å²) in [5.41, 5.74) is 2.32. The van der Waals surface area contributed by atoms with E-state index in [1.807, 2.05) is 18.2 Å². The van der Waals surface area contributed by atoms with Gasteiger partial charge in [0, 0.05) is 12.1 Å². The minimum Gasteiger partial charge on any atom is -0.350 e. The second-order valence-corrected chi connectivity index (χ2v) is 6.03. The van der Waals surface area contributed by atoms with Crippen molar-refractivity contribution in [3.05, 3.63) is 41.5 Å². The molecule has 0 saturated heterocycles. The van der Waals surface area contributed by atoms with Gasteiger partial charge in [-0.15, -0.1) is 0 Å². The summed E-state index contributed by atoms with van der Waals surface area (Å²) >= 11 is 0. The van der Waals surface area contributed by atoms with Crippen molar-refractivity contribution < 1.29 is 4.79 Å². The van der Waals surface area contributed by atoms with Crippen molar-refractivity contribution in [1.29, 1.82) is 0 Å². The zero-order chi connectivity index (χ0) is 13.2. The first kappa shape index (κ1) is 12.5. The van der Waals surface area contributed by atoms with Crippen molar-refractivity contribution in [2.75, 3.05) is 0 Å². The highest BCUT2D eigenvalue weighted by Crippen LogP contribution is 2.44. The predicted molar refractivity (Wildman–Crippen MR) is 77.6 cm³/mol. The number of benzene rings is 1. The fourth-order valence-electron chi connectivity index (χ4n) is 3.50. The van der Waals surface area contributed by atoms with Crippen molar-refractivity contribution in [2.24, 2.45) is 11.8 Å². The molecule has 2 aliphatic carbocycles. The van der Waals surface area contributed by atoms with Gasteiger partial charge in [0.25, 0.3) is 0 Å². The van der Waals surface area contributed by atoms with Gasteiger partial charge in [0.2, 0.25) is 5.91 Å². The van der Waals surface area contributed by atoms with Gasteiger partial charge in [0.15, 0.2) is 0 Å². The molecule has 0 radical (unpaired) electrons. The van der Waals surface area contributed by atoms with Gasteiger partial charge in [0.05, 0.1) is 0 Å². The van der Waals surface area contributed by atoms with Crippen LogP contribution in [0.4, 0.5) is 0 Å². The van der Waals surface area contributed by atoms with E-state index in [1.165, 1.54) is 31.2 Å². The van der Waals surface area contributed by atoms with Gasteiger partial charge < -0.3 is 5.32 Å². The molecule has 1 aromatic carbocycles. The molecule has 3 unspecified atom stereocenters. The lowest BCUT2D eigenvalue weighted by Gasteiger charge is -2.22. The Kier molecular flexibility index (Phi) is 3.41. The summed E-state index contributed by atoms with van der Waals surface area (Å²) in [4.78, 5) is 11.9. The maximum atomic E-state index is 11.9. The molecule has 3 atom stereocenters. The normalized spacial score (nSPS) is 29.0. The van der Waals surface area contributed by atoms with Crippen LogP contribution in [0, 0.1) is 18.8 Å². The molecule has 1 N–H and O–H groups in total. The maximum absolute atomic E-state index is 11.9. The summed E-state index contributed by atoms with van der Waals surface area (Å²) < 4.78 is 0. The molecule has 2 aliphatic rings. The third-order valence-corrected chi connectivity index (χ3v) is 4.57. The Hall–Kier alpha value is -1.57. The molecule has 2 fully saturated rings. The quantitative estimate of drug-likeness (QED) is 0.825. The highest BCUT2D eigenvalue weighted by atomic mass is 16.1. The van der Waals surface area contributed by atoms with E-state index in [9.17, 15) is 4.79 Å². The van der Waals surface area contributed by atoms with Crippen molar-refractivity contribution in [3.8, 4) is 0 Å². The number of rotatable bonds is 3. The number of carbonyl (C=O) groups is 1. The van der Waals surface area contributed by atoms with Gasteiger partial charge in [-0.2, -0.15) is 0 Å². The number of hydrogen-bond acceptors (Lipinski definition) is 1. The Morgan fingerprint density at radius 2 is 2.00 bits per heavy atom. The number of fused-ring (bicyclic) bond motifs is 2. The molecule has 0 spiro atoms. The van der Waals surface area contributed by atoms with E-state index >= 15 is 0 Å². The van der Waals surface area contributed by atoms with Crippen LogP contribution in [0.1, 0.15) is 36.8 Å². The van der Waals surface area contributed by atoms with Gasteiger partial charge in [-0.25, -0.2) is 0 Å². The van der Waals surface area contributed by atoms with Crippen LogP contribution in [0.3, 0.4) is 0 Å². The van der Waals surface area contributed by atoms with Crippen molar-refractivity contribution in [2.45, 2.75) is 38.6 Å². The third-order valence-electron chi connectivity index (χ3n) is 4.57. The summed E-state index contributed by atoms with van der Waals surface area (Å²) in [6, 6.07) is 8.63. The minimum absolute atomic E-state index is 0.0538. The van der Waals surface area contributed by atoms with Gasteiger partial charge >= 0.3 is 0 Å². The van der Waals surface area contributed by atoms with Crippen LogP contribution in [-0.4, -0.2) is 11.9 Å². The topological polar surface area (TPSA) is 29.1 Å². The summed E-state index contributed by atoms with van der Waals surface area (Å²) in [5, 5.41) is 3.17. The molecular weight excluding hydrogens is 234 g/mol. The predicted octanol–water partition coefficient (Wildman–Crippen LogP) is 3.31. The summed E-state index contributed by atoms with van der Waals surface area (Å²) in [6.07, 6.45) is 8.74. The third kappa shape index (κ3) is 2.89. The summed E-state index contributed by atoms with van der Waals surface area (Å²) in [6.45, 7) is 2.06. The maximum Gasteiger partial charge on any atom is 0.244 e. The Labute approximate surface area is 114 Å². The first-order chi connectivity index (χ1) is 9.20. The lowest BCUT2D eigenvalue weighted by atomic mass is 9.95. The van der Waals surface area contributed by atoms with E-state index in [-0.39, 0.29) is 5.91 Å². The molecule has 2 bridgehead atoms. The summed E-state index contributed by atoms with van der Waals surface area (Å²) in [7, 11) is 0. The SMILES string of the molecule is Cc1ccc(C=CC(=O)NC2CC3CCC2C3)cc1. The van der Waals surface area contributed by atoms with Gasteiger partial charge in [-0.3, -0.25) is 4.79 Å².